The molecule has 0 fully saturated rings. The van der Waals surface area contributed by atoms with Gasteiger partial charge in [-0.1, -0.05) is 26.0 Å². The zero-order valence-corrected chi connectivity index (χ0v) is 18.6. The van der Waals surface area contributed by atoms with Gasteiger partial charge in [0.1, 0.15) is 5.75 Å². The standard InChI is InChI=1S/C18H29F3N4O.HI/c1-5-25(6-2)16(14-8-7-9-15(12-14)26-4)13-24-17(22-3)23-11-10-18(19,20)21;/h7-9,12,16H,5-6,10-11,13H2,1-4H3,(H2,22,23,24);1H. The summed E-state index contributed by atoms with van der Waals surface area (Å²) in [4.78, 5) is 6.27. The van der Waals surface area contributed by atoms with Crippen molar-refractivity contribution >= 4 is 29.9 Å². The highest BCUT2D eigenvalue weighted by atomic mass is 127. The molecule has 0 radical (unpaired) electrons. The summed E-state index contributed by atoms with van der Waals surface area (Å²) in [6, 6.07) is 7.85. The highest BCUT2D eigenvalue weighted by molar-refractivity contribution is 14.0. The summed E-state index contributed by atoms with van der Waals surface area (Å²) in [5.74, 6) is 1.13. The molecule has 0 saturated heterocycles. The molecule has 1 aromatic carbocycles. The number of benzene rings is 1. The second-order valence-electron chi connectivity index (χ2n) is 5.76. The van der Waals surface area contributed by atoms with Crippen LogP contribution in [0, 0.1) is 0 Å². The van der Waals surface area contributed by atoms with E-state index in [9.17, 15) is 13.2 Å². The van der Waals surface area contributed by atoms with Crippen molar-refractivity contribution in [2.75, 3.05) is 40.3 Å². The minimum Gasteiger partial charge on any atom is -0.497 e. The molecule has 5 nitrogen and oxygen atoms in total. The maximum absolute atomic E-state index is 12.3. The second kappa shape index (κ2) is 13.0. The number of nitrogens with one attached hydrogen (secondary N) is 2. The molecule has 0 amide bonds. The van der Waals surface area contributed by atoms with Gasteiger partial charge in [-0.2, -0.15) is 13.2 Å². The molecule has 0 aromatic heterocycles. The summed E-state index contributed by atoms with van der Waals surface area (Å²) in [6.07, 6.45) is -5.08. The van der Waals surface area contributed by atoms with Crippen LogP contribution >= 0.6 is 24.0 Å². The van der Waals surface area contributed by atoms with Crippen LogP contribution in [0.1, 0.15) is 31.9 Å². The van der Waals surface area contributed by atoms with E-state index < -0.39 is 12.6 Å². The minimum absolute atomic E-state index is 0. The first-order valence-electron chi connectivity index (χ1n) is 8.73. The van der Waals surface area contributed by atoms with E-state index in [4.69, 9.17) is 4.74 Å². The molecule has 1 aromatic rings. The van der Waals surface area contributed by atoms with Crippen molar-refractivity contribution in [1.29, 1.82) is 0 Å². The van der Waals surface area contributed by atoms with Gasteiger partial charge in [0.15, 0.2) is 5.96 Å². The highest BCUT2D eigenvalue weighted by Gasteiger charge is 2.26. The quantitative estimate of drug-likeness (QED) is 0.307. The fourth-order valence-corrected chi connectivity index (χ4v) is 2.71. The van der Waals surface area contributed by atoms with Crippen LogP contribution in [-0.4, -0.2) is 57.4 Å². The van der Waals surface area contributed by atoms with Gasteiger partial charge in [0.25, 0.3) is 0 Å². The lowest BCUT2D eigenvalue weighted by molar-refractivity contribution is -0.132. The lowest BCUT2D eigenvalue weighted by Gasteiger charge is -2.31. The van der Waals surface area contributed by atoms with Gasteiger partial charge in [0, 0.05) is 20.1 Å². The van der Waals surface area contributed by atoms with Crippen LogP contribution in [0.4, 0.5) is 13.2 Å². The highest BCUT2D eigenvalue weighted by Crippen LogP contribution is 2.24. The largest absolute Gasteiger partial charge is 0.497 e. The van der Waals surface area contributed by atoms with Crippen molar-refractivity contribution in [2.45, 2.75) is 32.5 Å². The van der Waals surface area contributed by atoms with Crippen LogP contribution in [0.15, 0.2) is 29.3 Å². The van der Waals surface area contributed by atoms with Crippen LogP contribution < -0.4 is 15.4 Å². The predicted octanol–water partition coefficient (Wildman–Crippen LogP) is 3.81. The molecular formula is C18H30F3IN4O. The average Bonchev–Trinajstić information content (AvgIpc) is 2.62. The fourth-order valence-electron chi connectivity index (χ4n) is 2.71. The number of hydrogen-bond acceptors (Lipinski definition) is 3. The molecule has 1 unspecified atom stereocenters. The Morgan fingerprint density at radius 2 is 1.89 bits per heavy atom. The molecule has 0 aliphatic rings. The Bertz CT molecular complexity index is 566. The van der Waals surface area contributed by atoms with Gasteiger partial charge in [-0.05, 0) is 30.8 Å². The summed E-state index contributed by atoms with van der Waals surface area (Å²) in [5.41, 5.74) is 1.08. The third-order valence-electron chi connectivity index (χ3n) is 4.12. The van der Waals surface area contributed by atoms with Crippen molar-refractivity contribution < 1.29 is 17.9 Å². The third-order valence-corrected chi connectivity index (χ3v) is 4.12. The first-order valence-corrected chi connectivity index (χ1v) is 8.73. The molecular weight excluding hydrogens is 472 g/mol. The number of methoxy groups -OCH3 is 1. The van der Waals surface area contributed by atoms with Gasteiger partial charge in [0.2, 0.25) is 0 Å². The fraction of sp³-hybridized carbons (Fsp3) is 0.611. The zero-order chi connectivity index (χ0) is 19.6. The number of aliphatic imine (C=N–C) groups is 1. The molecule has 2 N–H and O–H groups in total. The Labute approximate surface area is 176 Å². The first kappa shape index (κ1) is 25.8. The lowest BCUT2D eigenvalue weighted by atomic mass is 10.0. The molecule has 0 aliphatic heterocycles. The van der Waals surface area contributed by atoms with Crippen LogP contribution in [-0.2, 0) is 0 Å². The van der Waals surface area contributed by atoms with E-state index in [1.165, 1.54) is 0 Å². The van der Waals surface area contributed by atoms with Gasteiger partial charge >= 0.3 is 6.18 Å². The normalized spacial score (nSPS) is 13.1. The average molecular weight is 502 g/mol. The number of rotatable bonds is 9. The maximum Gasteiger partial charge on any atom is 0.390 e. The molecule has 27 heavy (non-hydrogen) atoms. The molecule has 156 valence electrons. The minimum atomic E-state index is -4.18. The Hall–Kier alpha value is -1.23. The van der Waals surface area contributed by atoms with E-state index >= 15 is 0 Å². The number of guanidine groups is 1. The monoisotopic (exact) mass is 502 g/mol. The topological polar surface area (TPSA) is 48.9 Å². The Morgan fingerprint density at radius 3 is 2.41 bits per heavy atom. The molecule has 9 heteroatoms. The second-order valence-corrected chi connectivity index (χ2v) is 5.76. The molecule has 0 heterocycles. The number of alkyl halides is 3. The van der Waals surface area contributed by atoms with Crippen LogP contribution in [0.5, 0.6) is 5.75 Å². The Morgan fingerprint density at radius 1 is 1.22 bits per heavy atom. The lowest BCUT2D eigenvalue weighted by Crippen LogP contribution is -2.44. The van der Waals surface area contributed by atoms with E-state index in [0.717, 1.165) is 24.4 Å². The molecule has 0 bridgehead atoms. The number of nitrogens with zero attached hydrogens (tertiary/aromatic N) is 2. The smallest absolute Gasteiger partial charge is 0.390 e. The summed E-state index contributed by atoms with van der Waals surface area (Å²) in [6.45, 7) is 6.15. The van der Waals surface area contributed by atoms with Crippen LogP contribution in [0.25, 0.3) is 0 Å². The number of ether oxygens (including phenoxy) is 1. The molecule has 0 spiro atoms. The Kier molecular flexibility index (Phi) is 12.4. The van der Waals surface area contributed by atoms with Crippen LogP contribution in [0.3, 0.4) is 0 Å². The van der Waals surface area contributed by atoms with Crippen molar-refractivity contribution in [3.8, 4) is 5.75 Å². The molecule has 0 saturated carbocycles. The third kappa shape index (κ3) is 9.50. The SMILES string of the molecule is CCN(CC)C(CNC(=NC)NCCC(F)(F)F)c1cccc(OC)c1.I. The first-order chi connectivity index (χ1) is 12.3. The Balaban J connectivity index is 0.00000676. The van der Waals surface area contributed by atoms with E-state index in [-0.39, 0.29) is 36.6 Å². The molecule has 1 rings (SSSR count). The van der Waals surface area contributed by atoms with Gasteiger partial charge in [0.05, 0.1) is 19.6 Å². The van der Waals surface area contributed by atoms with Crippen molar-refractivity contribution in [3.63, 3.8) is 0 Å². The van der Waals surface area contributed by atoms with Crippen LogP contribution in [0.2, 0.25) is 0 Å². The van der Waals surface area contributed by atoms with E-state index in [2.05, 4.69) is 34.4 Å². The number of hydrogen-bond donors (Lipinski definition) is 2. The van der Waals surface area contributed by atoms with E-state index in [1.54, 1.807) is 14.2 Å². The number of likely N-dealkylation sites (N-methyl/N-ethyl adjacent to an activating group) is 1. The van der Waals surface area contributed by atoms with Crippen molar-refractivity contribution in [2.24, 2.45) is 4.99 Å². The van der Waals surface area contributed by atoms with Crippen molar-refractivity contribution in [3.05, 3.63) is 29.8 Å². The zero-order valence-electron chi connectivity index (χ0n) is 16.3. The van der Waals surface area contributed by atoms with E-state index in [0.29, 0.717) is 12.5 Å². The molecule has 0 aliphatic carbocycles. The maximum atomic E-state index is 12.3. The summed E-state index contributed by atoms with van der Waals surface area (Å²) in [5, 5.41) is 5.84. The van der Waals surface area contributed by atoms with Crippen molar-refractivity contribution in [1.82, 2.24) is 15.5 Å². The van der Waals surface area contributed by atoms with Gasteiger partial charge in [-0.15, -0.1) is 24.0 Å². The summed E-state index contributed by atoms with van der Waals surface area (Å²) >= 11 is 0. The van der Waals surface area contributed by atoms with Gasteiger partial charge in [-0.3, -0.25) is 9.89 Å². The van der Waals surface area contributed by atoms with E-state index in [1.807, 2.05) is 24.3 Å². The van der Waals surface area contributed by atoms with Gasteiger partial charge in [-0.25, -0.2) is 0 Å². The number of halogens is 4. The summed E-state index contributed by atoms with van der Waals surface area (Å²) < 4.78 is 42.2. The predicted molar refractivity (Wildman–Crippen MR) is 114 cm³/mol. The summed E-state index contributed by atoms with van der Waals surface area (Å²) in [7, 11) is 3.16. The van der Waals surface area contributed by atoms with Gasteiger partial charge < -0.3 is 15.4 Å². The molecule has 1 atom stereocenters.